The van der Waals surface area contributed by atoms with Crippen LogP contribution in [0.2, 0.25) is 0 Å². The molecule has 1 aromatic heterocycles. The molecule has 1 aliphatic carbocycles. The molecule has 1 spiro atoms. The molecule has 0 aromatic carbocycles. The molecule has 6 heteroatoms. The fraction of sp³-hybridized carbons (Fsp3) is 0.533. The normalized spacial score (nSPS) is 29.0. The van der Waals surface area contributed by atoms with Crippen LogP contribution in [0.3, 0.4) is 0 Å². The van der Waals surface area contributed by atoms with Crippen molar-refractivity contribution in [3.8, 4) is 0 Å². The lowest BCUT2D eigenvalue weighted by molar-refractivity contribution is -0.132. The Kier molecular flexibility index (Phi) is 3.57. The van der Waals surface area contributed by atoms with Gasteiger partial charge in [-0.2, -0.15) is 0 Å². The number of hydrogen-bond acceptors (Lipinski definition) is 4. The lowest BCUT2D eigenvalue weighted by Gasteiger charge is -2.33. The second kappa shape index (κ2) is 5.26. The van der Waals surface area contributed by atoms with Crippen molar-refractivity contribution in [3.63, 3.8) is 0 Å². The molecule has 3 rings (SSSR count). The Morgan fingerprint density at radius 3 is 2.76 bits per heavy atom. The molecule has 1 saturated heterocycles. The van der Waals surface area contributed by atoms with Crippen LogP contribution < -0.4 is 5.32 Å². The van der Waals surface area contributed by atoms with Gasteiger partial charge in [0.15, 0.2) is 5.78 Å². The van der Waals surface area contributed by atoms with E-state index in [9.17, 15) is 14.4 Å². The topological polar surface area (TPSA) is 66.5 Å². The lowest BCUT2D eigenvalue weighted by Crippen LogP contribution is -2.49. The van der Waals surface area contributed by atoms with Crippen LogP contribution in [-0.4, -0.2) is 34.7 Å². The van der Waals surface area contributed by atoms with Crippen molar-refractivity contribution in [2.45, 2.75) is 38.1 Å². The number of carbonyl (C=O) groups excluding carboxylic acids is 3. The summed E-state index contributed by atoms with van der Waals surface area (Å²) in [4.78, 5) is 38.5. The Balaban J connectivity index is 1.74. The fourth-order valence-corrected chi connectivity index (χ4v) is 3.73. The standard InChI is InChI=1S/C15H18N2O3S/c1-10-4-6-15(7-5-10)13(19)17(14(20)16-15)9-11(18)12-3-2-8-21-12/h2-3,8,10H,4-7,9H2,1H3,(H,16,20). The van der Waals surface area contributed by atoms with E-state index in [0.29, 0.717) is 23.6 Å². The van der Waals surface area contributed by atoms with Crippen molar-refractivity contribution >= 4 is 29.1 Å². The minimum Gasteiger partial charge on any atom is -0.323 e. The molecule has 3 amide bonds. The molecule has 2 fully saturated rings. The van der Waals surface area contributed by atoms with Gasteiger partial charge in [-0.1, -0.05) is 13.0 Å². The smallest absolute Gasteiger partial charge is 0.323 e. The molecule has 0 bridgehead atoms. The molecular formula is C15H18N2O3S. The zero-order valence-corrected chi connectivity index (χ0v) is 12.7. The number of urea groups is 1. The van der Waals surface area contributed by atoms with Crippen LogP contribution >= 0.6 is 11.3 Å². The summed E-state index contributed by atoms with van der Waals surface area (Å²) in [6, 6.07) is 3.07. The third kappa shape index (κ3) is 2.48. The molecule has 1 aromatic rings. The van der Waals surface area contributed by atoms with E-state index in [1.54, 1.807) is 12.1 Å². The van der Waals surface area contributed by atoms with Gasteiger partial charge in [0, 0.05) is 0 Å². The predicted octanol–water partition coefficient (Wildman–Crippen LogP) is 2.43. The molecule has 5 nitrogen and oxygen atoms in total. The van der Waals surface area contributed by atoms with Crippen molar-refractivity contribution in [1.82, 2.24) is 10.2 Å². The Labute approximate surface area is 127 Å². The molecule has 0 atom stereocenters. The first-order chi connectivity index (χ1) is 10.0. The van der Waals surface area contributed by atoms with Crippen LogP contribution in [0.4, 0.5) is 4.79 Å². The van der Waals surface area contributed by atoms with Crippen LogP contribution in [0.5, 0.6) is 0 Å². The molecule has 21 heavy (non-hydrogen) atoms. The summed E-state index contributed by atoms with van der Waals surface area (Å²) in [5, 5.41) is 4.64. The lowest BCUT2D eigenvalue weighted by atomic mass is 9.77. The first-order valence-electron chi connectivity index (χ1n) is 7.23. The van der Waals surface area contributed by atoms with Crippen molar-refractivity contribution in [2.75, 3.05) is 6.54 Å². The number of nitrogens with one attached hydrogen (secondary N) is 1. The fourth-order valence-electron chi connectivity index (χ4n) is 3.07. The van der Waals surface area contributed by atoms with Crippen LogP contribution in [0.15, 0.2) is 17.5 Å². The van der Waals surface area contributed by atoms with Gasteiger partial charge in [0.05, 0.1) is 11.4 Å². The van der Waals surface area contributed by atoms with E-state index in [0.717, 1.165) is 17.7 Å². The first kappa shape index (κ1) is 14.3. The summed E-state index contributed by atoms with van der Waals surface area (Å²) in [5.74, 6) is 0.168. The van der Waals surface area contributed by atoms with Gasteiger partial charge in [0.25, 0.3) is 5.91 Å². The van der Waals surface area contributed by atoms with E-state index >= 15 is 0 Å². The number of imide groups is 1. The van der Waals surface area contributed by atoms with E-state index in [1.165, 1.54) is 11.3 Å². The number of nitrogens with zero attached hydrogens (tertiary/aromatic N) is 1. The van der Waals surface area contributed by atoms with Crippen molar-refractivity contribution in [2.24, 2.45) is 5.92 Å². The number of carbonyl (C=O) groups is 3. The SMILES string of the molecule is CC1CCC2(CC1)NC(=O)N(CC(=O)c1cccs1)C2=O. The predicted molar refractivity (Wildman–Crippen MR) is 79.3 cm³/mol. The zero-order valence-electron chi connectivity index (χ0n) is 11.9. The number of rotatable bonds is 3. The highest BCUT2D eigenvalue weighted by molar-refractivity contribution is 7.12. The minimum absolute atomic E-state index is 0.164. The molecule has 1 N–H and O–H groups in total. The average Bonchev–Trinajstić information content (AvgIpc) is 3.06. The molecule has 0 radical (unpaired) electrons. The molecule has 2 heterocycles. The Bertz CT molecular complexity index is 574. The van der Waals surface area contributed by atoms with Crippen LogP contribution in [0, 0.1) is 5.92 Å². The third-order valence-electron chi connectivity index (χ3n) is 4.47. The zero-order chi connectivity index (χ0) is 15.0. The van der Waals surface area contributed by atoms with Crippen LogP contribution in [-0.2, 0) is 4.79 Å². The second-order valence-electron chi connectivity index (χ2n) is 5.99. The van der Waals surface area contributed by atoms with Crippen molar-refractivity contribution in [1.29, 1.82) is 0 Å². The highest BCUT2D eigenvalue weighted by atomic mass is 32.1. The summed E-state index contributed by atoms with van der Waals surface area (Å²) < 4.78 is 0. The average molecular weight is 306 g/mol. The number of ketones is 1. The van der Waals surface area contributed by atoms with Gasteiger partial charge in [-0.3, -0.25) is 14.5 Å². The molecule has 1 saturated carbocycles. The summed E-state index contributed by atoms with van der Waals surface area (Å²) in [6.45, 7) is 1.99. The maximum Gasteiger partial charge on any atom is 0.325 e. The minimum atomic E-state index is -0.765. The molecule has 112 valence electrons. The number of Topliss-reactive ketones (excluding diaryl/α,β-unsaturated/α-hetero) is 1. The Morgan fingerprint density at radius 1 is 1.43 bits per heavy atom. The second-order valence-corrected chi connectivity index (χ2v) is 6.93. The number of amides is 3. The first-order valence-corrected chi connectivity index (χ1v) is 8.11. The molecular weight excluding hydrogens is 288 g/mol. The van der Waals surface area contributed by atoms with E-state index in [4.69, 9.17) is 0 Å². The maximum absolute atomic E-state index is 12.6. The third-order valence-corrected chi connectivity index (χ3v) is 5.38. The largest absolute Gasteiger partial charge is 0.325 e. The summed E-state index contributed by atoms with van der Waals surface area (Å²) in [7, 11) is 0. The molecule has 1 aliphatic heterocycles. The van der Waals surface area contributed by atoms with E-state index in [-0.39, 0.29) is 18.2 Å². The summed E-state index contributed by atoms with van der Waals surface area (Å²) in [6.07, 6.45) is 3.20. The van der Waals surface area contributed by atoms with Crippen molar-refractivity contribution < 1.29 is 14.4 Å². The van der Waals surface area contributed by atoms with Gasteiger partial charge in [-0.25, -0.2) is 4.79 Å². The van der Waals surface area contributed by atoms with Crippen LogP contribution in [0.1, 0.15) is 42.3 Å². The molecule has 2 aliphatic rings. The van der Waals surface area contributed by atoms with Gasteiger partial charge in [0.1, 0.15) is 5.54 Å². The van der Waals surface area contributed by atoms with Crippen molar-refractivity contribution in [3.05, 3.63) is 22.4 Å². The number of thiophene rings is 1. The quantitative estimate of drug-likeness (QED) is 0.689. The highest BCUT2D eigenvalue weighted by Crippen LogP contribution is 2.36. The summed E-state index contributed by atoms with van der Waals surface area (Å²) in [5.41, 5.74) is -0.765. The maximum atomic E-state index is 12.6. The Morgan fingerprint density at radius 2 is 2.14 bits per heavy atom. The van der Waals surface area contributed by atoms with Crippen LogP contribution in [0.25, 0.3) is 0 Å². The van der Waals surface area contributed by atoms with Gasteiger partial charge < -0.3 is 5.32 Å². The van der Waals surface area contributed by atoms with Gasteiger partial charge in [-0.15, -0.1) is 11.3 Å². The van der Waals surface area contributed by atoms with E-state index < -0.39 is 11.6 Å². The van der Waals surface area contributed by atoms with E-state index in [1.807, 2.05) is 5.38 Å². The Hall–Kier alpha value is -1.69. The number of hydrogen-bond donors (Lipinski definition) is 1. The van der Waals surface area contributed by atoms with Gasteiger partial charge >= 0.3 is 6.03 Å². The molecule has 0 unspecified atom stereocenters. The summed E-state index contributed by atoms with van der Waals surface area (Å²) >= 11 is 1.33. The van der Waals surface area contributed by atoms with E-state index in [2.05, 4.69) is 12.2 Å². The van der Waals surface area contributed by atoms with Gasteiger partial charge in [0.2, 0.25) is 0 Å². The monoisotopic (exact) mass is 306 g/mol. The van der Waals surface area contributed by atoms with Gasteiger partial charge in [-0.05, 0) is 43.0 Å². The highest BCUT2D eigenvalue weighted by Gasteiger charge is 2.52.